The number of aromatic nitrogens is 1. The molecular weight excluding hydrogens is 374 g/mol. The van der Waals surface area contributed by atoms with Gasteiger partial charge in [-0.05, 0) is 38.0 Å². The highest BCUT2D eigenvalue weighted by Gasteiger charge is 2.29. The lowest BCUT2D eigenvalue weighted by Crippen LogP contribution is -2.39. The molecule has 0 N–H and O–H groups in total. The number of rotatable bonds is 8. The van der Waals surface area contributed by atoms with E-state index in [9.17, 15) is 4.79 Å². The first-order valence-corrected chi connectivity index (χ1v) is 11.5. The second-order valence-electron chi connectivity index (χ2n) is 9.23. The molecule has 1 aliphatic rings. The van der Waals surface area contributed by atoms with Gasteiger partial charge in [-0.25, -0.2) is 0 Å². The molecule has 1 amide bonds. The van der Waals surface area contributed by atoms with Crippen LogP contribution in [0.3, 0.4) is 0 Å². The number of hydrogen-bond acceptors (Lipinski definition) is 4. The minimum Gasteiger partial charge on any atom is -0.340 e. The summed E-state index contributed by atoms with van der Waals surface area (Å²) < 4.78 is 5.94. The number of piperidine rings is 1. The standard InChI is InChI=1S/C25H37N3O2/c1-6-20(5)28(23(29)16-18(2)3)17-22-24(21-10-8-7-9-11-21)26-30-25(22)27-14-12-19(4)13-15-27/h7-11,18-20H,6,12-17H2,1-5H3/t20-/m1/s1. The van der Waals surface area contributed by atoms with Gasteiger partial charge in [0.1, 0.15) is 5.69 Å². The number of anilines is 1. The lowest BCUT2D eigenvalue weighted by Gasteiger charge is -2.32. The average Bonchev–Trinajstić information content (AvgIpc) is 3.15. The van der Waals surface area contributed by atoms with Crippen molar-refractivity contribution in [2.45, 2.75) is 72.9 Å². The molecule has 5 nitrogen and oxygen atoms in total. The van der Waals surface area contributed by atoms with Crippen LogP contribution in [-0.4, -0.2) is 35.1 Å². The van der Waals surface area contributed by atoms with Gasteiger partial charge in [0.25, 0.3) is 0 Å². The van der Waals surface area contributed by atoms with Gasteiger partial charge in [0, 0.05) is 31.1 Å². The Kier molecular flexibility index (Phi) is 7.57. The van der Waals surface area contributed by atoms with Crippen molar-refractivity contribution in [1.82, 2.24) is 10.1 Å². The van der Waals surface area contributed by atoms with Crippen molar-refractivity contribution in [2.75, 3.05) is 18.0 Å². The topological polar surface area (TPSA) is 49.6 Å². The smallest absolute Gasteiger partial charge is 0.232 e. The fraction of sp³-hybridized carbons (Fsp3) is 0.600. The molecule has 2 aromatic rings. The highest BCUT2D eigenvalue weighted by molar-refractivity contribution is 5.78. The van der Waals surface area contributed by atoms with Crippen LogP contribution in [0.1, 0.15) is 65.9 Å². The van der Waals surface area contributed by atoms with E-state index in [0.717, 1.165) is 61.0 Å². The molecule has 1 aromatic carbocycles. The van der Waals surface area contributed by atoms with Crippen LogP contribution >= 0.6 is 0 Å². The van der Waals surface area contributed by atoms with Crippen LogP contribution in [0.4, 0.5) is 5.88 Å². The van der Waals surface area contributed by atoms with E-state index < -0.39 is 0 Å². The number of hydrogen-bond donors (Lipinski definition) is 0. The summed E-state index contributed by atoms with van der Waals surface area (Å²) >= 11 is 0. The first-order valence-electron chi connectivity index (χ1n) is 11.5. The van der Waals surface area contributed by atoms with Crippen LogP contribution in [0.25, 0.3) is 11.3 Å². The Labute approximate surface area is 181 Å². The molecule has 5 heteroatoms. The molecule has 1 atom stereocenters. The summed E-state index contributed by atoms with van der Waals surface area (Å²) in [7, 11) is 0. The quantitative estimate of drug-likeness (QED) is 0.555. The summed E-state index contributed by atoms with van der Waals surface area (Å²) in [6.45, 7) is 13.3. The Balaban J connectivity index is 1.98. The normalized spacial score (nSPS) is 16.1. The molecule has 0 spiro atoms. The molecule has 2 heterocycles. The zero-order valence-electron chi connectivity index (χ0n) is 19.2. The van der Waals surface area contributed by atoms with Crippen LogP contribution in [0.5, 0.6) is 0 Å². The van der Waals surface area contributed by atoms with Gasteiger partial charge in [-0.3, -0.25) is 4.79 Å². The molecule has 0 radical (unpaired) electrons. The van der Waals surface area contributed by atoms with E-state index in [4.69, 9.17) is 4.52 Å². The van der Waals surface area contributed by atoms with Crippen molar-refractivity contribution in [1.29, 1.82) is 0 Å². The highest BCUT2D eigenvalue weighted by Crippen LogP contribution is 2.35. The minimum atomic E-state index is 0.170. The fourth-order valence-electron chi connectivity index (χ4n) is 4.07. The maximum absolute atomic E-state index is 13.1. The van der Waals surface area contributed by atoms with Gasteiger partial charge in [0.2, 0.25) is 11.8 Å². The van der Waals surface area contributed by atoms with Gasteiger partial charge in [-0.2, -0.15) is 0 Å². The van der Waals surface area contributed by atoms with Gasteiger partial charge >= 0.3 is 0 Å². The zero-order valence-corrected chi connectivity index (χ0v) is 19.2. The first-order chi connectivity index (χ1) is 14.4. The molecule has 0 saturated carbocycles. The van der Waals surface area contributed by atoms with E-state index in [2.05, 4.69) is 56.8 Å². The van der Waals surface area contributed by atoms with Gasteiger partial charge in [-0.1, -0.05) is 63.2 Å². The Morgan fingerprint density at radius 3 is 2.47 bits per heavy atom. The van der Waals surface area contributed by atoms with Crippen molar-refractivity contribution in [3.05, 3.63) is 35.9 Å². The van der Waals surface area contributed by atoms with Crippen molar-refractivity contribution in [2.24, 2.45) is 11.8 Å². The summed E-state index contributed by atoms with van der Waals surface area (Å²) in [5.74, 6) is 2.12. The van der Waals surface area contributed by atoms with Crippen molar-refractivity contribution in [3.8, 4) is 11.3 Å². The number of amides is 1. The van der Waals surface area contributed by atoms with Gasteiger partial charge in [0.05, 0.1) is 12.1 Å². The summed E-state index contributed by atoms with van der Waals surface area (Å²) in [4.78, 5) is 17.5. The average molecular weight is 412 g/mol. The molecule has 164 valence electrons. The van der Waals surface area contributed by atoms with E-state index in [1.807, 2.05) is 23.1 Å². The van der Waals surface area contributed by atoms with E-state index in [0.29, 0.717) is 18.9 Å². The first kappa shape index (κ1) is 22.4. The second-order valence-corrected chi connectivity index (χ2v) is 9.23. The molecule has 0 aliphatic carbocycles. The summed E-state index contributed by atoms with van der Waals surface area (Å²) in [5.41, 5.74) is 2.93. The van der Waals surface area contributed by atoms with Crippen molar-refractivity contribution in [3.63, 3.8) is 0 Å². The lowest BCUT2D eigenvalue weighted by atomic mass is 9.98. The summed E-state index contributed by atoms with van der Waals surface area (Å²) in [6.07, 6.45) is 3.80. The Bertz CT molecular complexity index is 807. The predicted octanol–water partition coefficient (Wildman–Crippen LogP) is 5.75. The number of nitrogens with zero attached hydrogens (tertiary/aromatic N) is 3. The molecule has 0 bridgehead atoms. The molecule has 0 unspecified atom stereocenters. The third-order valence-electron chi connectivity index (χ3n) is 6.24. The third-order valence-corrected chi connectivity index (χ3v) is 6.24. The molecule has 1 aliphatic heterocycles. The van der Waals surface area contributed by atoms with Crippen molar-refractivity contribution < 1.29 is 9.32 Å². The Morgan fingerprint density at radius 1 is 1.20 bits per heavy atom. The fourth-order valence-corrected chi connectivity index (χ4v) is 4.07. The SMILES string of the molecule is CC[C@@H](C)N(Cc1c(-c2ccccc2)noc1N1CCC(C)CC1)C(=O)CC(C)C. The van der Waals surface area contributed by atoms with Crippen LogP contribution in [0, 0.1) is 11.8 Å². The van der Waals surface area contributed by atoms with Crippen molar-refractivity contribution >= 4 is 11.8 Å². The van der Waals surface area contributed by atoms with E-state index in [1.165, 1.54) is 0 Å². The molecule has 1 aromatic heterocycles. The second kappa shape index (κ2) is 10.1. The minimum absolute atomic E-state index is 0.170. The summed E-state index contributed by atoms with van der Waals surface area (Å²) in [6, 6.07) is 10.3. The molecule has 1 saturated heterocycles. The Morgan fingerprint density at radius 2 is 1.87 bits per heavy atom. The Hall–Kier alpha value is -2.30. The molecule has 3 rings (SSSR count). The van der Waals surface area contributed by atoms with Crippen LogP contribution < -0.4 is 4.90 Å². The van der Waals surface area contributed by atoms with Gasteiger partial charge in [0.15, 0.2) is 0 Å². The monoisotopic (exact) mass is 411 g/mol. The summed E-state index contributed by atoms with van der Waals surface area (Å²) in [5, 5.41) is 4.48. The van der Waals surface area contributed by atoms with Gasteiger partial charge < -0.3 is 14.3 Å². The molecule has 1 fully saturated rings. The van der Waals surface area contributed by atoms with Crippen LogP contribution in [-0.2, 0) is 11.3 Å². The van der Waals surface area contributed by atoms with Crippen LogP contribution in [0.2, 0.25) is 0 Å². The van der Waals surface area contributed by atoms with E-state index >= 15 is 0 Å². The highest BCUT2D eigenvalue weighted by atomic mass is 16.5. The largest absolute Gasteiger partial charge is 0.340 e. The van der Waals surface area contributed by atoms with Crippen LogP contribution in [0.15, 0.2) is 34.9 Å². The number of benzene rings is 1. The zero-order chi connectivity index (χ0) is 21.7. The van der Waals surface area contributed by atoms with Gasteiger partial charge in [-0.15, -0.1) is 0 Å². The number of carbonyl (C=O) groups is 1. The lowest BCUT2D eigenvalue weighted by molar-refractivity contribution is -0.134. The maximum Gasteiger partial charge on any atom is 0.232 e. The number of carbonyl (C=O) groups excluding carboxylic acids is 1. The maximum atomic E-state index is 13.1. The third kappa shape index (κ3) is 5.24. The predicted molar refractivity (Wildman–Crippen MR) is 122 cm³/mol. The molecule has 30 heavy (non-hydrogen) atoms. The van der Waals surface area contributed by atoms with E-state index in [-0.39, 0.29) is 11.9 Å². The molecular formula is C25H37N3O2. The van der Waals surface area contributed by atoms with E-state index in [1.54, 1.807) is 0 Å².